The third-order valence-corrected chi connectivity index (χ3v) is 8.01. The van der Waals surface area contributed by atoms with Crippen LogP contribution < -0.4 is 10.7 Å². The molecule has 6 aromatic carbocycles. The van der Waals surface area contributed by atoms with Gasteiger partial charge < -0.3 is 4.42 Å². The van der Waals surface area contributed by atoms with Gasteiger partial charge in [0, 0.05) is 37.9 Å². The number of para-hydroxylation sites is 2. The number of hydrogen-bond acceptors (Lipinski definition) is 3. The molecule has 0 fully saturated rings. The molecular weight excluding hydrogens is 476 g/mol. The van der Waals surface area contributed by atoms with Crippen molar-refractivity contribution >= 4 is 33.3 Å². The van der Waals surface area contributed by atoms with Crippen LogP contribution in [0.15, 0.2) is 136 Å². The van der Waals surface area contributed by atoms with Crippen molar-refractivity contribution in [2.45, 2.75) is 0 Å². The molecule has 2 aliphatic heterocycles. The molecule has 39 heavy (non-hydrogen) atoms. The zero-order valence-electron chi connectivity index (χ0n) is 20.8. The molecule has 2 aliphatic rings. The van der Waals surface area contributed by atoms with Gasteiger partial charge in [-0.25, -0.2) is 9.98 Å². The van der Waals surface area contributed by atoms with Gasteiger partial charge in [0.25, 0.3) is 0 Å². The molecule has 3 heterocycles. The fraction of sp³-hybridized carbons (Fsp3) is 0. The van der Waals surface area contributed by atoms with Gasteiger partial charge >= 0.3 is 0 Å². The van der Waals surface area contributed by atoms with Crippen LogP contribution >= 0.6 is 0 Å². The molecule has 0 spiro atoms. The lowest BCUT2D eigenvalue weighted by Crippen LogP contribution is -2.01. The Morgan fingerprint density at radius 1 is 0.462 bits per heavy atom. The Hall–Kier alpha value is -5.28. The zero-order valence-corrected chi connectivity index (χ0v) is 20.8. The highest BCUT2D eigenvalue weighted by atomic mass is 16.3. The minimum Gasteiger partial charge on any atom is -0.456 e. The van der Waals surface area contributed by atoms with E-state index in [1.807, 2.05) is 12.1 Å². The maximum atomic E-state index is 6.32. The number of furan rings is 1. The highest BCUT2D eigenvalue weighted by Gasteiger charge is 2.28. The van der Waals surface area contributed by atoms with Gasteiger partial charge in [-0.05, 0) is 53.1 Å². The first-order valence-corrected chi connectivity index (χ1v) is 13.2. The summed E-state index contributed by atoms with van der Waals surface area (Å²) in [5, 5.41) is 6.56. The normalized spacial score (nSPS) is 12.5. The zero-order chi connectivity index (χ0) is 25.5. The maximum absolute atomic E-state index is 6.32. The quantitative estimate of drug-likeness (QED) is 0.237. The standard InChI is InChI=1S/C36H20N2O/c1-2-9-21(10-3-1)22-17-19-28-34(33(22)26-13-8-16-31-32(26)25-12-5-7-15-30(25)39-31)35-29(37-28)20-18-24-23-11-4-6-14-27(23)38-36(24)35/h1-20H. The highest BCUT2D eigenvalue weighted by molar-refractivity contribution is 6.17. The van der Waals surface area contributed by atoms with Crippen LogP contribution in [0, 0.1) is 10.4 Å². The number of benzene rings is 6. The van der Waals surface area contributed by atoms with E-state index in [-0.39, 0.29) is 0 Å². The van der Waals surface area contributed by atoms with Crippen molar-refractivity contribution < 1.29 is 4.42 Å². The molecule has 0 atom stereocenters. The van der Waals surface area contributed by atoms with Crippen LogP contribution in [0.2, 0.25) is 0 Å². The van der Waals surface area contributed by atoms with E-state index >= 15 is 0 Å². The van der Waals surface area contributed by atoms with Crippen LogP contribution in [0.4, 0.5) is 11.4 Å². The molecule has 0 saturated carbocycles. The van der Waals surface area contributed by atoms with Crippen LogP contribution in [0.25, 0.3) is 55.3 Å². The van der Waals surface area contributed by atoms with Crippen molar-refractivity contribution in [1.82, 2.24) is 0 Å². The summed E-state index contributed by atoms with van der Waals surface area (Å²) in [7, 11) is 0. The fourth-order valence-corrected chi connectivity index (χ4v) is 6.36. The summed E-state index contributed by atoms with van der Waals surface area (Å²) in [6.07, 6.45) is 0. The molecule has 0 amide bonds. The Morgan fingerprint density at radius 2 is 1.28 bits per heavy atom. The largest absolute Gasteiger partial charge is 0.456 e. The van der Waals surface area contributed by atoms with Crippen molar-refractivity contribution in [2.24, 2.45) is 9.98 Å². The van der Waals surface area contributed by atoms with Crippen molar-refractivity contribution in [3.63, 3.8) is 0 Å². The van der Waals surface area contributed by atoms with Crippen molar-refractivity contribution in [2.75, 3.05) is 0 Å². The second-order valence-corrected chi connectivity index (χ2v) is 10.1. The number of hydrogen-bond donors (Lipinski definition) is 0. The van der Waals surface area contributed by atoms with Gasteiger partial charge in [0.1, 0.15) is 11.2 Å². The lowest BCUT2D eigenvalue weighted by Gasteiger charge is -2.17. The smallest absolute Gasteiger partial charge is 0.136 e. The van der Waals surface area contributed by atoms with Gasteiger partial charge in [-0.1, -0.05) is 84.9 Å². The van der Waals surface area contributed by atoms with Gasteiger partial charge in [0.15, 0.2) is 0 Å². The van der Waals surface area contributed by atoms with Gasteiger partial charge in [0.05, 0.1) is 22.1 Å². The summed E-state index contributed by atoms with van der Waals surface area (Å²) in [4.78, 5) is 10.3. The molecule has 0 radical (unpaired) electrons. The van der Waals surface area contributed by atoms with Crippen LogP contribution in [0.3, 0.4) is 0 Å². The summed E-state index contributed by atoms with van der Waals surface area (Å²) >= 11 is 0. The Bertz CT molecular complexity index is 2380. The molecule has 0 N–H and O–H groups in total. The Morgan fingerprint density at radius 3 is 2.23 bits per heavy atom. The van der Waals surface area contributed by atoms with Gasteiger partial charge in [-0.3, -0.25) is 0 Å². The minimum absolute atomic E-state index is 0.885. The molecule has 0 unspecified atom stereocenters. The highest BCUT2D eigenvalue weighted by Crippen LogP contribution is 2.51. The lowest BCUT2D eigenvalue weighted by molar-refractivity contribution is 0.669. The molecule has 1 aromatic heterocycles. The van der Waals surface area contributed by atoms with Gasteiger partial charge in [0.2, 0.25) is 0 Å². The van der Waals surface area contributed by atoms with E-state index in [0.717, 1.165) is 71.5 Å². The van der Waals surface area contributed by atoms with Crippen molar-refractivity contribution in [1.29, 1.82) is 0 Å². The van der Waals surface area contributed by atoms with E-state index in [9.17, 15) is 0 Å². The molecule has 3 nitrogen and oxygen atoms in total. The average Bonchev–Trinajstić information content (AvgIpc) is 3.67. The second-order valence-electron chi connectivity index (χ2n) is 10.1. The van der Waals surface area contributed by atoms with E-state index in [2.05, 4.69) is 109 Å². The molecule has 9 rings (SSSR count). The maximum Gasteiger partial charge on any atom is 0.136 e. The van der Waals surface area contributed by atoms with E-state index < -0.39 is 0 Å². The SMILES string of the molecule is c1ccc(-c2ccc3c(c2-c2cccc4oc5ccccc5c24)-c2c4c(ccc2=N3)=c2ccccc2=N4)cc1. The predicted molar refractivity (Wildman–Crippen MR) is 156 cm³/mol. The third-order valence-electron chi connectivity index (χ3n) is 8.01. The number of fused-ring (bicyclic) bond motifs is 9. The number of nitrogens with zero attached hydrogens (tertiary/aromatic N) is 2. The first-order valence-electron chi connectivity index (χ1n) is 13.2. The molecule has 0 bridgehead atoms. The summed E-state index contributed by atoms with van der Waals surface area (Å²) in [5.74, 6) is 0. The Balaban J connectivity index is 1.47. The molecule has 7 aromatic rings. The summed E-state index contributed by atoms with van der Waals surface area (Å²) in [6, 6.07) is 42.4. The number of rotatable bonds is 2. The Kier molecular flexibility index (Phi) is 4.05. The molecule has 0 aliphatic carbocycles. The minimum atomic E-state index is 0.885. The van der Waals surface area contributed by atoms with Crippen molar-refractivity contribution in [3.8, 4) is 33.4 Å². The molecule has 3 heteroatoms. The van der Waals surface area contributed by atoms with E-state index in [0.29, 0.717) is 0 Å². The van der Waals surface area contributed by atoms with Crippen LogP contribution in [0.5, 0.6) is 0 Å². The third kappa shape index (κ3) is 2.82. The fourth-order valence-electron chi connectivity index (χ4n) is 6.36. The monoisotopic (exact) mass is 496 g/mol. The van der Waals surface area contributed by atoms with Crippen molar-refractivity contribution in [3.05, 3.63) is 142 Å². The Labute approximate surface area is 223 Å². The molecule has 0 saturated heterocycles. The first kappa shape index (κ1) is 20.7. The van der Waals surface area contributed by atoms with Crippen LogP contribution in [-0.4, -0.2) is 0 Å². The van der Waals surface area contributed by atoms with Gasteiger partial charge in [-0.2, -0.15) is 0 Å². The van der Waals surface area contributed by atoms with E-state index in [4.69, 9.17) is 14.4 Å². The summed E-state index contributed by atoms with van der Waals surface area (Å²) in [5.41, 5.74) is 10.7. The van der Waals surface area contributed by atoms with E-state index in [1.165, 1.54) is 16.3 Å². The average molecular weight is 497 g/mol. The summed E-state index contributed by atoms with van der Waals surface area (Å²) < 4.78 is 6.32. The topological polar surface area (TPSA) is 37.9 Å². The lowest BCUT2D eigenvalue weighted by atomic mass is 9.85. The summed E-state index contributed by atoms with van der Waals surface area (Å²) in [6.45, 7) is 0. The van der Waals surface area contributed by atoms with Crippen LogP contribution in [-0.2, 0) is 0 Å². The van der Waals surface area contributed by atoms with Crippen LogP contribution in [0.1, 0.15) is 0 Å². The van der Waals surface area contributed by atoms with E-state index in [1.54, 1.807) is 0 Å². The predicted octanol–water partition coefficient (Wildman–Crippen LogP) is 8.40. The second kappa shape index (κ2) is 7.62. The molecule has 180 valence electrons. The molecular formula is C36H20N2O. The van der Waals surface area contributed by atoms with Gasteiger partial charge in [-0.15, -0.1) is 0 Å². The first-order chi connectivity index (χ1) is 19.3.